The van der Waals surface area contributed by atoms with Gasteiger partial charge < -0.3 is 0 Å². The van der Waals surface area contributed by atoms with E-state index in [1.54, 1.807) is 0 Å². The zero-order valence-electron chi connectivity index (χ0n) is 15.2. The summed E-state index contributed by atoms with van der Waals surface area (Å²) in [5.74, 6) is 0. The lowest BCUT2D eigenvalue weighted by Gasteiger charge is -2.30. The molecule has 4 aromatic rings. The van der Waals surface area contributed by atoms with Gasteiger partial charge in [-0.2, -0.15) is 0 Å². The fourth-order valence-corrected chi connectivity index (χ4v) is 7.85. The van der Waals surface area contributed by atoms with Crippen molar-refractivity contribution in [2.45, 2.75) is 0 Å². The molecule has 0 saturated heterocycles. The normalized spacial score (nSPS) is 11.6. The van der Waals surface area contributed by atoms with E-state index in [2.05, 4.69) is 133 Å². The first-order valence-electron chi connectivity index (χ1n) is 9.30. The molecule has 0 atom stereocenters. The largest absolute Gasteiger partial charge is 0.172 e. The van der Waals surface area contributed by atoms with E-state index >= 15 is 0 Å². The van der Waals surface area contributed by atoms with Gasteiger partial charge in [-0.25, -0.2) is 0 Å². The Bertz CT molecular complexity index is 894. The molecule has 1 heteroatoms. The van der Waals surface area contributed by atoms with Crippen molar-refractivity contribution < 1.29 is 0 Å². The number of benzene rings is 4. The first-order valence-corrected chi connectivity index (χ1v) is 11.4. The van der Waals surface area contributed by atoms with Crippen LogP contribution in [0.5, 0.6) is 0 Å². The van der Waals surface area contributed by atoms with Crippen molar-refractivity contribution in [1.29, 1.82) is 0 Å². The highest BCUT2D eigenvalue weighted by molar-refractivity contribution is 7.15. The minimum Gasteiger partial charge on any atom is -0.0812 e. The van der Waals surface area contributed by atoms with Crippen LogP contribution in [0.2, 0.25) is 0 Å². The Balaban J connectivity index is 1.99. The molecule has 0 nitrogen and oxygen atoms in total. The molecule has 0 unspecified atom stereocenters. The summed E-state index contributed by atoms with van der Waals surface area (Å²) in [6.07, 6.45) is 2.29. The van der Waals surface area contributed by atoms with Gasteiger partial charge in [-0.05, 0) is 21.1 Å². The Morgan fingerprint density at radius 1 is 0.407 bits per heavy atom. The molecule has 0 bridgehead atoms. The van der Waals surface area contributed by atoms with Crippen LogP contribution in [0, 0.1) is 0 Å². The lowest BCUT2D eigenvalue weighted by molar-refractivity contribution is 1.66. The summed E-state index contributed by atoms with van der Waals surface area (Å²) >= 11 is 0. The van der Waals surface area contributed by atoms with Gasteiger partial charge in [0.2, 0.25) is 0 Å². The topological polar surface area (TPSA) is 0 Å². The lowest BCUT2D eigenvalue weighted by atomic mass is 10.2. The fraction of sp³-hybridized carbons (Fsp3) is 0. The van der Waals surface area contributed by atoms with Crippen LogP contribution in [0.3, 0.4) is 0 Å². The SMILES string of the molecule is C(=C\[Si](c1ccccc1)(c1ccccc1)c1ccccc1)/c1ccccc1. The van der Waals surface area contributed by atoms with Gasteiger partial charge in [-0.1, -0.05) is 133 Å². The van der Waals surface area contributed by atoms with E-state index in [-0.39, 0.29) is 0 Å². The summed E-state index contributed by atoms with van der Waals surface area (Å²) in [7, 11) is -2.29. The molecule has 0 aliphatic carbocycles. The van der Waals surface area contributed by atoms with E-state index in [9.17, 15) is 0 Å². The second-order valence-corrected chi connectivity index (χ2v) is 10.3. The average molecular weight is 363 g/mol. The minimum atomic E-state index is -2.29. The average Bonchev–Trinajstić information content (AvgIpc) is 2.77. The smallest absolute Gasteiger partial charge is 0.0812 e. The monoisotopic (exact) mass is 362 g/mol. The van der Waals surface area contributed by atoms with Crippen LogP contribution in [0.15, 0.2) is 127 Å². The summed E-state index contributed by atoms with van der Waals surface area (Å²) in [5, 5.41) is 4.19. The van der Waals surface area contributed by atoms with Gasteiger partial charge in [-0.3, -0.25) is 0 Å². The van der Waals surface area contributed by atoms with Gasteiger partial charge in [0.1, 0.15) is 0 Å². The summed E-state index contributed by atoms with van der Waals surface area (Å²) in [4.78, 5) is 0. The number of hydrogen-bond acceptors (Lipinski definition) is 0. The third kappa shape index (κ3) is 3.55. The van der Waals surface area contributed by atoms with Crippen LogP contribution in [-0.2, 0) is 0 Å². The molecule has 0 fully saturated rings. The van der Waals surface area contributed by atoms with E-state index in [0.717, 1.165) is 0 Å². The molecule has 130 valence electrons. The van der Waals surface area contributed by atoms with Gasteiger partial charge in [0.15, 0.2) is 8.07 Å². The molecule has 4 aromatic carbocycles. The Morgan fingerprint density at radius 3 is 1.11 bits per heavy atom. The highest BCUT2D eigenvalue weighted by atomic mass is 28.3. The van der Waals surface area contributed by atoms with Crippen molar-refractivity contribution in [3.05, 3.63) is 133 Å². The van der Waals surface area contributed by atoms with Gasteiger partial charge in [-0.15, -0.1) is 0 Å². The fourth-order valence-electron chi connectivity index (χ4n) is 3.68. The molecule has 0 aromatic heterocycles. The van der Waals surface area contributed by atoms with Gasteiger partial charge in [0.05, 0.1) is 0 Å². The Morgan fingerprint density at radius 2 is 0.741 bits per heavy atom. The van der Waals surface area contributed by atoms with Gasteiger partial charge in [0, 0.05) is 0 Å². The molecule has 0 N–H and O–H groups in total. The van der Waals surface area contributed by atoms with E-state index in [4.69, 9.17) is 0 Å². The van der Waals surface area contributed by atoms with Crippen molar-refractivity contribution in [1.82, 2.24) is 0 Å². The van der Waals surface area contributed by atoms with Crippen LogP contribution in [0.1, 0.15) is 5.56 Å². The van der Waals surface area contributed by atoms with Crippen molar-refractivity contribution in [2.75, 3.05) is 0 Å². The summed E-state index contributed by atoms with van der Waals surface area (Å²) in [5.41, 5.74) is 3.71. The van der Waals surface area contributed by atoms with E-state index < -0.39 is 8.07 Å². The first-order chi connectivity index (χ1) is 13.4. The molecule has 0 heterocycles. The molecule has 0 spiro atoms. The zero-order chi connectivity index (χ0) is 18.4. The van der Waals surface area contributed by atoms with E-state index in [1.807, 2.05) is 0 Å². The second kappa shape index (κ2) is 8.03. The van der Waals surface area contributed by atoms with E-state index in [1.165, 1.54) is 21.1 Å². The Kier molecular flexibility index (Phi) is 5.13. The number of hydrogen-bond donors (Lipinski definition) is 0. The summed E-state index contributed by atoms with van der Waals surface area (Å²) in [6, 6.07) is 43.5. The zero-order valence-corrected chi connectivity index (χ0v) is 16.2. The van der Waals surface area contributed by atoms with E-state index in [0.29, 0.717) is 0 Å². The highest BCUT2D eigenvalue weighted by Gasteiger charge is 2.36. The maximum Gasteiger partial charge on any atom is 0.172 e. The van der Waals surface area contributed by atoms with Crippen LogP contribution in [-0.4, -0.2) is 8.07 Å². The van der Waals surface area contributed by atoms with Crippen LogP contribution < -0.4 is 15.6 Å². The molecule has 0 saturated carbocycles. The lowest BCUT2D eigenvalue weighted by Crippen LogP contribution is -2.66. The molecular weight excluding hydrogens is 340 g/mol. The molecular formula is C26H22Si. The van der Waals surface area contributed by atoms with Crippen molar-refractivity contribution in [2.24, 2.45) is 0 Å². The molecule has 4 rings (SSSR count). The van der Waals surface area contributed by atoms with Gasteiger partial charge >= 0.3 is 0 Å². The maximum atomic E-state index is 2.47. The maximum absolute atomic E-state index is 2.47. The van der Waals surface area contributed by atoms with Crippen LogP contribution >= 0.6 is 0 Å². The third-order valence-corrected chi connectivity index (χ3v) is 9.41. The molecule has 27 heavy (non-hydrogen) atoms. The first kappa shape index (κ1) is 17.3. The Hall–Kier alpha value is -3.16. The molecule has 0 aliphatic rings. The standard InChI is InChI=1S/C26H22Si/c1-5-13-23(14-6-1)21-22-27(24-15-7-2-8-16-24,25-17-9-3-10-18-25)26-19-11-4-12-20-26/h1-22H/b22-21+. The predicted molar refractivity (Wildman–Crippen MR) is 119 cm³/mol. The third-order valence-electron chi connectivity index (χ3n) is 5.01. The van der Waals surface area contributed by atoms with Gasteiger partial charge in [0.25, 0.3) is 0 Å². The van der Waals surface area contributed by atoms with Crippen LogP contribution in [0.25, 0.3) is 6.08 Å². The number of rotatable bonds is 5. The van der Waals surface area contributed by atoms with Crippen molar-refractivity contribution >= 4 is 29.7 Å². The van der Waals surface area contributed by atoms with Crippen LogP contribution in [0.4, 0.5) is 0 Å². The highest BCUT2D eigenvalue weighted by Crippen LogP contribution is 2.12. The summed E-state index contributed by atoms with van der Waals surface area (Å²) < 4.78 is 0. The molecule has 0 aliphatic heterocycles. The molecule has 0 amide bonds. The quantitative estimate of drug-likeness (QED) is 0.364. The Labute approximate surface area is 162 Å². The minimum absolute atomic E-state index is 1.23. The van der Waals surface area contributed by atoms with Crippen molar-refractivity contribution in [3.63, 3.8) is 0 Å². The summed E-state index contributed by atoms with van der Waals surface area (Å²) in [6.45, 7) is 0. The second-order valence-electron chi connectivity index (χ2n) is 6.65. The van der Waals surface area contributed by atoms with Crippen molar-refractivity contribution in [3.8, 4) is 0 Å². The molecule has 0 radical (unpaired) electrons. The predicted octanol–water partition coefficient (Wildman–Crippen LogP) is 4.41.